The largest absolute Gasteiger partial charge is 0.354 e. The molecule has 25 heavy (non-hydrogen) atoms. The Hall–Kier alpha value is -1.59. The molecule has 1 saturated heterocycles. The predicted octanol–water partition coefficient (Wildman–Crippen LogP) is 1.18. The van der Waals surface area contributed by atoms with Gasteiger partial charge in [-0.15, -0.1) is 35.0 Å². The summed E-state index contributed by atoms with van der Waals surface area (Å²) in [6.07, 6.45) is 2.65. The summed E-state index contributed by atoms with van der Waals surface area (Å²) in [6.45, 7) is 5.68. The summed E-state index contributed by atoms with van der Waals surface area (Å²) in [5.74, 6) is 0.976. The van der Waals surface area contributed by atoms with Gasteiger partial charge in [0.2, 0.25) is 0 Å². The second-order valence-corrected chi connectivity index (χ2v) is 6.57. The van der Waals surface area contributed by atoms with Gasteiger partial charge in [-0.25, -0.2) is 0 Å². The number of aromatic nitrogens is 3. The van der Waals surface area contributed by atoms with Crippen LogP contribution in [0.3, 0.4) is 0 Å². The van der Waals surface area contributed by atoms with Gasteiger partial charge in [-0.05, 0) is 26.1 Å². The number of fused-ring (bicyclic) bond motifs is 3. The van der Waals surface area contributed by atoms with Gasteiger partial charge in [-0.3, -0.25) is 4.40 Å². The summed E-state index contributed by atoms with van der Waals surface area (Å²) < 4.78 is 2.02. The number of anilines is 1. The second kappa shape index (κ2) is 7.75. The molecule has 0 spiro atoms. The first kappa shape index (κ1) is 19.7. The van der Waals surface area contributed by atoms with E-state index in [-0.39, 0.29) is 24.8 Å². The average molecular weight is 384 g/mol. The van der Waals surface area contributed by atoms with Crippen LogP contribution in [-0.4, -0.2) is 71.2 Å². The Kier molecular flexibility index (Phi) is 6.12. The molecule has 0 aromatic carbocycles. The Labute approximate surface area is 160 Å². The molecule has 0 saturated carbocycles. The van der Waals surface area contributed by atoms with E-state index < -0.39 is 0 Å². The molecule has 2 aliphatic heterocycles. The fourth-order valence-corrected chi connectivity index (χ4v) is 3.68. The van der Waals surface area contributed by atoms with Crippen molar-refractivity contribution in [1.82, 2.24) is 24.4 Å². The SMILES string of the molecule is CN1CCN(c2c(C#N)c3c(c4nncn24)CN(C)CC3)CC1.Cl.Cl. The van der Waals surface area contributed by atoms with Crippen LogP contribution in [0.2, 0.25) is 0 Å². The zero-order valence-electron chi connectivity index (χ0n) is 14.5. The highest BCUT2D eigenvalue weighted by Crippen LogP contribution is 2.32. The molecule has 0 amide bonds. The lowest BCUT2D eigenvalue weighted by molar-refractivity contribution is 0.309. The Morgan fingerprint density at radius 2 is 1.72 bits per heavy atom. The third kappa shape index (κ3) is 3.27. The van der Waals surface area contributed by atoms with Crippen molar-refractivity contribution >= 4 is 36.3 Å². The van der Waals surface area contributed by atoms with Crippen molar-refractivity contribution in [2.45, 2.75) is 13.0 Å². The van der Waals surface area contributed by atoms with E-state index in [0.717, 1.165) is 68.3 Å². The van der Waals surface area contributed by atoms with Crippen LogP contribution in [0.1, 0.15) is 16.7 Å². The Bertz CT molecular complexity index is 790. The summed E-state index contributed by atoms with van der Waals surface area (Å²) >= 11 is 0. The number of piperazine rings is 1. The molecule has 136 valence electrons. The number of nitrogens with zero attached hydrogens (tertiary/aromatic N) is 7. The van der Waals surface area contributed by atoms with E-state index in [2.05, 4.69) is 45.1 Å². The van der Waals surface area contributed by atoms with Crippen LogP contribution < -0.4 is 4.90 Å². The molecular formula is C16H23Cl2N7. The van der Waals surface area contributed by atoms with Crippen LogP contribution in [0.15, 0.2) is 6.33 Å². The first-order valence-corrected chi connectivity index (χ1v) is 8.08. The predicted molar refractivity (Wildman–Crippen MR) is 102 cm³/mol. The van der Waals surface area contributed by atoms with Crippen molar-refractivity contribution in [3.63, 3.8) is 0 Å². The van der Waals surface area contributed by atoms with Gasteiger partial charge in [-0.1, -0.05) is 0 Å². The lowest BCUT2D eigenvalue weighted by atomic mass is 9.96. The van der Waals surface area contributed by atoms with Gasteiger partial charge < -0.3 is 14.7 Å². The van der Waals surface area contributed by atoms with Crippen LogP contribution >= 0.6 is 24.8 Å². The Morgan fingerprint density at radius 1 is 1.00 bits per heavy atom. The van der Waals surface area contributed by atoms with Crippen LogP contribution in [0, 0.1) is 11.3 Å². The lowest BCUT2D eigenvalue weighted by Gasteiger charge is -2.36. The molecule has 0 bridgehead atoms. The third-order valence-electron chi connectivity index (χ3n) is 5.02. The molecule has 4 heterocycles. The molecule has 0 N–H and O–H groups in total. The smallest absolute Gasteiger partial charge is 0.167 e. The number of pyridine rings is 1. The maximum absolute atomic E-state index is 9.87. The van der Waals surface area contributed by atoms with E-state index in [1.807, 2.05) is 4.40 Å². The molecule has 2 aromatic heterocycles. The summed E-state index contributed by atoms with van der Waals surface area (Å²) in [4.78, 5) is 6.90. The van der Waals surface area contributed by atoms with E-state index in [4.69, 9.17) is 0 Å². The third-order valence-corrected chi connectivity index (χ3v) is 5.02. The van der Waals surface area contributed by atoms with Crippen molar-refractivity contribution < 1.29 is 0 Å². The fraction of sp³-hybridized carbons (Fsp3) is 0.562. The molecule has 0 atom stereocenters. The van der Waals surface area contributed by atoms with Crippen molar-refractivity contribution in [3.8, 4) is 6.07 Å². The average Bonchev–Trinajstić information content (AvgIpc) is 3.04. The molecule has 1 fully saturated rings. The number of hydrogen-bond acceptors (Lipinski definition) is 6. The minimum absolute atomic E-state index is 0. The highest BCUT2D eigenvalue weighted by atomic mass is 35.5. The van der Waals surface area contributed by atoms with E-state index >= 15 is 0 Å². The van der Waals surface area contributed by atoms with Gasteiger partial charge in [0, 0.05) is 44.8 Å². The number of halogens is 2. The number of hydrogen-bond donors (Lipinski definition) is 0. The monoisotopic (exact) mass is 383 g/mol. The minimum atomic E-state index is 0. The molecule has 2 aromatic rings. The molecular weight excluding hydrogens is 361 g/mol. The summed E-state index contributed by atoms with van der Waals surface area (Å²) in [5.41, 5.74) is 4.04. The van der Waals surface area contributed by atoms with Gasteiger partial charge in [0.05, 0.1) is 5.56 Å². The van der Waals surface area contributed by atoms with Crippen molar-refractivity contribution in [2.24, 2.45) is 0 Å². The highest BCUT2D eigenvalue weighted by molar-refractivity contribution is 5.85. The second-order valence-electron chi connectivity index (χ2n) is 6.57. The number of likely N-dealkylation sites (N-methyl/N-ethyl adjacent to an activating group) is 2. The lowest BCUT2D eigenvalue weighted by Crippen LogP contribution is -2.45. The normalized spacial score (nSPS) is 18.2. The molecule has 0 radical (unpaired) electrons. The van der Waals surface area contributed by atoms with Gasteiger partial charge in [0.15, 0.2) is 5.65 Å². The molecule has 9 heteroatoms. The van der Waals surface area contributed by atoms with Crippen molar-refractivity contribution in [3.05, 3.63) is 23.0 Å². The van der Waals surface area contributed by atoms with E-state index in [1.165, 1.54) is 5.56 Å². The van der Waals surface area contributed by atoms with Gasteiger partial charge >= 0.3 is 0 Å². The highest BCUT2D eigenvalue weighted by Gasteiger charge is 2.28. The topological polar surface area (TPSA) is 63.7 Å². The molecule has 7 nitrogen and oxygen atoms in total. The maximum atomic E-state index is 9.87. The maximum Gasteiger partial charge on any atom is 0.167 e. The van der Waals surface area contributed by atoms with E-state index in [0.29, 0.717) is 0 Å². The molecule has 2 aliphatic rings. The quantitative estimate of drug-likeness (QED) is 0.736. The summed E-state index contributed by atoms with van der Waals surface area (Å²) in [7, 11) is 4.25. The summed E-state index contributed by atoms with van der Waals surface area (Å²) in [6, 6.07) is 2.48. The van der Waals surface area contributed by atoms with Gasteiger partial charge in [0.1, 0.15) is 18.2 Å². The van der Waals surface area contributed by atoms with Crippen LogP contribution in [0.4, 0.5) is 5.82 Å². The molecule has 4 rings (SSSR count). The van der Waals surface area contributed by atoms with Crippen molar-refractivity contribution in [2.75, 3.05) is 51.7 Å². The van der Waals surface area contributed by atoms with Crippen LogP contribution in [0.25, 0.3) is 5.65 Å². The van der Waals surface area contributed by atoms with Crippen LogP contribution in [0.5, 0.6) is 0 Å². The zero-order chi connectivity index (χ0) is 16.0. The van der Waals surface area contributed by atoms with E-state index in [1.54, 1.807) is 6.33 Å². The first-order chi connectivity index (χ1) is 11.2. The summed E-state index contributed by atoms with van der Waals surface area (Å²) in [5, 5.41) is 18.3. The van der Waals surface area contributed by atoms with Gasteiger partial charge in [0.25, 0.3) is 0 Å². The van der Waals surface area contributed by atoms with E-state index in [9.17, 15) is 5.26 Å². The van der Waals surface area contributed by atoms with Crippen LogP contribution in [-0.2, 0) is 13.0 Å². The van der Waals surface area contributed by atoms with Gasteiger partial charge in [-0.2, -0.15) is 5.26 Å². The standard InChI is InChI=1S/C16H21N7.2ClH/c1-20-5-7-22(8-6-20)16-13(9-17)12-3-4-21(2)10-14(12)15-19-18-11-23(15)16;;/h11H,3-8,10H2,1-2H3;2*1H. The molecule has 0 aliphatic carbocycles. The Balaban J connectivity index is 0.00000113. The molecule has 0 unspecified atom stereocenters. The number of nitriles is 1. The van der Waals surface area contributed by atoms with Crippen molar-refractivity contribution in [1.29, 1.82) is 5.26 Å². The minimum Gasteiger partial charge on any atom is -0.354 e. The fourth-order valence-electron chi connectivity index (χ4n) is 3.68. The Morgan fingerprint density at radius 3 is 2.40 bits per heavy atom. The number of rotatable bonds is 1. The first-order valence-electron chi connectivity index (χ1n) is 8.08. The zero-order valence-corrected chi connectivity index (χ0v) is 16.1.